The second-order valence-corrected chi connectivity index (χ2v) is 5.07. The second kappa shape index (κ2) is 7.97. The minimum Gasteiger partial charge on any atom is -0.497 e. The van der Waals surface area contributed by atoms with Gasteiger partial charge in [-0.15, -0.1) is 6.58 Å². The molecule has 0 spiro atoms. The number of ether oxygens (including phenoxy) is 2. The monoisotopic (exact) mass is 264 g/mol. The number of aliphatic hydroxyl groups excluding tert-OH is 1. The van der Waals surface area contributed by atoms with Crippen LogP contribution >= 0.6 is 0 Å². The van der Waals surface area contributed by atoms with Crippen LogP contribution in [-0.2, 0) is 11.3 Å². The molecule has 0 aliphatic carbocycles. The number of aliphatic hydroxyl groups is 1. The van der Waals surface area contributed by atoms with Gasteiger partial charge in [-0.2, -0.15) is 0 Å². The van der Waals surface area contributed by atoms with Crippen molar-refractivity contribution in [3.05, 3.63) is 42.0 Å². The lowest BCUT2D eigenvalue weighted by Gasteiger charge is -2.19. The third kappa shape index (κ3) is 5.90. The largest absolute Gasteiger partial charge is 0.497 e. The van der Waals surface area contributed by atoms with E-state index < -0.39 is 0 Å². The van der Waals surface area contributed by atoms with Crippen molar-refractivity contribution in [3.8, 4) is 5.75 Å². The summed E-state index contributed by atoms with van der Waals surface area (Å²) in [6, 6.07) is 7.79. The molecular weight excluding hydrogens is 240 g/mol. The first kappa shape index (κ1) is 15.7. The van der Waals surface area contributed by atoms with Gasteiger partial charge in [0, 0.05) is 5.92 Å². The van der Waals surface area contributed by atoms with Gasteiger partial charge < -0.3 is 14.6 Å². The van der Waals surface area contributed by atoms with Crippen molar-refractivity contribution in [2.75, 3.05) is 13.7 Å². The summed E-state index contributed by atoms with van der Waals surface area (Å²) in [6.45, 7) is 8.81. The third-order valence-corrected chi connectivity index (χ3v) is 3.02. The van der Waals surface area contributed by atoms with Crippen molar-refractivity contribution in [3.63, 3.8) is 0 Å². The van der Waals surface area contributed by atoms with E-state index in [4.69, 9.17) is 9.47 Å². The summed E-state index contributed by atoms with van der Waals surface area (Å²) in [7, 11) is 1.65. The fraction of sp³-hybridized carbons (Fsp3) is 0.500. The predicted octanol–water partition coefficient (Wildman–Crippen LogP) is 3.18. The lowest BCUT2D eigenvalue weighted by atomic mass is 10.00. The minimum atomic E-state index is -0.381. The van der Waals surface area contributed by atoms with Gasteiger partial charge in [-0.3, -0.25) is 0 Å². The van der Waals surface area contributed by atoms with Gasteiger partial charge >= 0.3 is 0 Å². The fourth-order valence-electron chi connectivity index (χ4n) is 1.75. The van der Waals surface area contributed by atoms with Crippen LogP contribution in [-0.4, -0.2) is 24.9 Å². The van der Waals surface area contributed by atoms with Gasteiger partial charge in [-0.1, -0.05) is 24.6 Å². The highest BCUT2D eigenvalue weighted by atomic mass is 16.5. The van der Waals surface area contributed by atoms with Crippen molar-refractivity contribution in [2.24, 2.45) is 5.92 Å². The van der Waals surface area contributed by atoms with E-state index in [1.54, 1.807) is 7.11 Å². The summed E-state index contributed by atoms with van der Waals surface area (Å²) in [5.41, 5.74) is 2.09. The Kier molecular flexibility index (Phi) is 6.60. The fourth-order valence-corrected chi connectivity index (χ4v) is 1.75. The molecule has 0 aromatic heterocycles. The Morgan fingerprint density at radius 2 is 1.95 bits per heavy atom. The van der Waals surface area contributed by atoms with Crippen molar-refractivity contribution < 1.29 is 14.6 Å². The normalized spacial score (nSPS) is 13.9. The summed E-state index contributed by atoms with van der Waals surface area (Å²) < 4.78 is 10.7. The molecule has 3 nitrogen and oxygen atoms in total. The van der Waals surface area contributed by atoms with Gasteiger partial charge in [0.15, 0.2) is 0 Å². The van der Waals surface area contributed by atoms with Gasteiger partial charge in [0.1, 0.15) is 5.75 Å². The highest BCUT2D eigenvalue weighted by Crippen LogP contribution is 2.14. The molecule has 0 radical (unpaired) electrons. The van der Waals surface area contributed by atoms with E-state index in [9.17, 15) is 5.11 Å². The standard InChI is InChI=1S/C16H24O3/c1-12(2)9-16(17)13(3)10-19-11-14-5-7-15(18-4)8-6-14/h5-8,13,16-17H,1,9-11H2,2-4H3/t13-,16-/m1/s1. The molecular formula is C16H24O3. The first-order chi connectivity index (χ1) is 9.02. The third-order valence-electron chi connectivity index (χ3n) is 3.02. The predicted molar refractivity (Wildman–Crippen MR) is 77.3 cm³/mol. The van der Waals surface area contributed by atoms with Gasteiger partial charge in [0.2, 0.25) is 0 Å². The molecule has 0 aliphatic heterocycles. The van der Waals surface area contributed by atoms with E-state index in [0.717, 1.165) is 16.9 Å². The highest BCUT2D eigenvalue weighted by Gasteiger charge is 2.14. The van der Waals surface area contributed by atoms with Gasteiger partial charge in [0.05, 0.1) is 26.4 Å². The highest BCUT2D eigenvalue weighted by molar-refractivity contribution is 5.26. The number of rotatable bonds is 8. The molecule has 1 N–H and O–H groups in total. The van der Waals surface area contributed by atoms with E-state index in [1.165, 1.54) is 0 Å². The van der Waals surface area contributed by atoms with Crippen molar-refractivity contribution in [1.82, 2.24) is 0 Å². The van der Waals surface area contributed by atoms with Crippen LogP contribution in [0.4, 0.5) is 0 Å². The minimum absolute atomic E-state index is 0.106. The molecule has 106 valence electrons. The summed E-state index contributed by atoms with van der Waals surface area (Å²) in [5.74, 6) is 0.948. The van der Waals surface area contributed by atoms with Crippen LogP contribution in [0.3, 0.4) is 0 Å². The molecule has 2 atom stereocenters. The molecule has 0 unspecified atom stereocenters. The van der Waals surface area contributed by atoms with Gasteiger partial charge in [-0.25, -0.2) is 0 Å². The summed E-state index contributed by atoms with van der Waals surface area (Å²) >= 11 is 0. The van der Waals surface area contributed by atoms with Gasteiger partial charge in [0.25, 0.3) is 0 Å². The zero-order valence-electron chi connectivity index (χ0n) is 12.1. The Labute approximate surface area is 115 Å². The van der Waals surface area contributed by atoms with Crippen molar-refractivity contribution in [2.45, 2.75) is 33.0 Å². The van der Waals surface area contributed by atoms with E-state index >= 15 is 0 Å². The van der Waals surface area contributed by atoms with Crippen LogP contribution in [0.25, 0.3) is 0 Å². The molecule has 1 aromatic carbocycles. The average molecular weight is 264 g/mol. The van der Waals surface area contributed by atoms with Crippen LogP contribution in [0.5, 0.6) is 5.75 Å². The van der Waals surface area contributed by atoms with Gasteiger partial charge in [-0.05, 0) is 31.0 Å². The maximum Gasteiger partial charge on any atom is 0.118 e. The maximum absolute atomic E-state index is 9.90. The Hall–Kier alpha value is -1.32. The van der Waals surface area contributed by atoms with Crippen LogP contribution in [0.2, 0.25) is 0 Å². The Balaban J connectivity index is 2.30. The first-order valence-corrected chi connectivity index (χ1v) is 6.56. The van der Waals surface area contributed by atoms with E-state index in [-0.39, 0.29) is 12.0 Å². The first-order valence-electron chi connectivity index (χ1n) is 6.56. The molecule has 19 heavy (non-hydrogen) atoms. The van der Waals surface area contributed by atoms with Crippen LogP contribution < -0.4 is 4.74 Å². The molecule has 0 heterocycles. The molecule has 0 saturated carbocycles. The van der Waals surface area contributed by atoms with Crippen molar-refractivity contribution >= 4 is 0 Å². The molecule has 0 aliphatic rings. The number of hydrogen-bond donors (Lipinski definition) is 1. The topological polar surface area (TPSA) is 38.7 Å². The van der Waals surface area contributed by atoms with E-state index in [2.05, 4.69) is 6.58 Å². The Morgan fingerprint density at radius 1 is 1.32 bits per heavy atom. The molecule has 1 rings (SSSR count). The van der Waals surface area contributed by atoms with E-state index in [1.807, 2.05) is 38.1 Å². The van der Waals surface area contributed by atoms with Crippen molar-refractivity contribution in [1.29, 1.82) is 0 Å². The second-order valence-electron chi connectivity index (χ2n) is 5.07. The summed E-state index contributed by atoms with van der Waals surface area (Å²) in [4.78, 5) is 0. The number of benzene rings is 1. The molecule has 0 fully saturated rings. The zero-order valence-corrected chi connectivity index (χ0v) is 12.1. The average Bonchev–Trinajstić information content (AvgIpc) is 2.38. The van der Waals surface area contributed by atoms with Crippen LogP contribution in [0.15, 0.2) is 36.4 Å². The molecule has 0 bridgehead atoms. The smallest absolute Gasteiger partial charge is 0.118 e. The SMILES string of the molecule is C=C(C)C[C@@H](O)[C@H](C)COCc1ccc(OC)cc1. The number of hydrogen-bond acceptors (Lipinski definition) is 3. The molecule has 3 heteroatoms. The lowest BCUT2D eigenvalue weighted by Crippen LogP contribution is -2.22. The molecule has 0 saturated heterocycles. The lowest BCUT2D eigenvalue weighted by molar-refractivity contribution is 0.0292. The Morgan fingerprint density at radius 3 is 2.47 bits per heavy atom. The number of methoxy groups -OCH3 is 1. The van der Waals surface area contributed by atoms with Crippen LogP contribution in [0, 0.1) is 5.92 Å². The summed E-state index contributed by atoms with van der Waals surface area (Å²) in [6.07, 6.45) is 0.251. The molecule has 0 amide bonds. The maximum atomic E-state index is 9.90. The summed E-state index contributed by atoms with van der Waals surface area (Å²) in [5, 5.41) is 9.90. The Bertz CT molecular complexity index is 383. The van der Waals surface area contributed by atoms with E-state index in [0.29, 0.717) is 19.6 Å². The quantitative estimate of drug-likeness (QED) is 0.733. The molecule has 1 aromatic rings. The van der Waals surface area contributed by atoms with Crippen LogP contribution in [0.1, 0.15) is 25.8 Å². The zero-order chi connectivity index (χ0) is 14.3.